The summed E-state index contributed by atoms with van der Waals surface area (Å²) in [6.07, 6.45) is 0. The Labute approximate surface area is 108 Å². The molecule has 0 spiro atoms. The Morgan fingerprint density at radius 3 is 2.94 bits per heavy atom. The molecular weight excluding hydrogens is 252 g/mol. The average Bonchev–Trinajstić information content (AvgIpc) is 2.55. The van der Waals surface area contributed by atoms with E-state index in [9.17, 15) is 9.90 Å². The van der Waals surface area contributed by atoms with Crippen molar-refractivity contribution >= 4 is 34.6 Å². The van der Waals surface area contributed by atoms with Crippen molar-refractivity contribution < 1.29 is 9.90 Å². The van der Waals surface area contributed by atoms with Crippen LogP contribution in [0.5, 0.6) is 0 Å². The highest BCUT2D eigenvalue weighted by Crippen LogP contribution is 2.37. The first-order chi connectivity index (χ1) is 8.54. The molecule has 1 atom stereocenters. The van der Waals surface area contributed by atoms with Gasteiger partial charge < -0.3 is 10.4 Å². The van der Waals surface area contributed by atoms with E-state index in [1.807, 2.05) is 6.07 Å². The second-order valence-corrected chi connectivity index (χ2v) is 4.48. The lowest BCUT2D eigenvalue weighted by Gasteiger charge is -2.36. The summed E-state index contributed by atoms with van der Waals surface area (Å²) in [4.78, 5) is 13.0. The van der Waals surface area contributed by atoms with Crippen LogP contribution < -0.4 is 15.6 Å². The number of benzene rings is 1. The van der Waals surface area contributed by atoms with Gasteiger partial charge in [0.1, 0.15) is 5.71 Å². The molecule has 0 unspecified atom stereocenters. The Morgan fingerprint density at radius 2 is 2.22 bits per heavy atom. The molecule has 1 amide bonds. The Balaban J connectivity index is 2.27. The molecule has 0 fully saturated rings. The summed E-state index contributed by atoms with van der Waals surface area (Å²) in [5.41, 5.74) is 4.22. The van der Waals surface area contributed by atoms with Crippen LogP contribution in [0.3, 0.4) is 0 Å². The van der Waals surface area contributed by atoms with Crippen molar-refractivity contribution in [2.45, 2.75) is 12.8 Å². The normalized spacial score (nSPS) is 24.7. The van der Waals surface area contributed by atoms with Gasteiger partial charge in [-0.25, -0.2) is 0 Å². The zero-order valence-corrected chi connectivity index (χ0v) is 10.3. The Morgan fingerprint density at radius 1 is 1.50 bits per heavy atom. The Hall–Kier alpha value is -1.99. The summed E-state index contributed by atoms with van der Waals surface area (Å²) >= 11 is 4.92. The summed E-state index contributed by atoms with van der Waals surface area (Å²) in [6.45, 7) is 1.38. The topological polar surface area (TPSA) is 77.0 Å². The molecule has 6 nitrogen and oxygen atoms in total. The third-order valence-electron chi connectivity index (χ3n) is 2.93. The van der Waals surface area contributed by atoms with Crippen molar-refractivity contribution in [3.63, 3.8) is 0 Å². The quantitative estimate of drug-likeness (QED) is 0.568. The van der Waals surface area contributed by atoms with Gasteiger partial charge in [-0.05, 0) is 18.3 Å². The lowest BCUT2D eigenvalue weighted by molar-refractivity contribution is -0.119. The van der Waals surface area contributed by atoms with Crippen LogP contribution in [-0.2, 0) is 4.79 Å². The number of anilines is 1. The number of fused-ring (bicyclic) bond motifs is 3. The third kappa shape index (κ3) is 1.28. The minimum atomic E-state index is -1.71. The molecule has 2 aliphatic heterocycles. The molecule has 0 saturated carbocycles. The molecule has 3 N–H and O–H groups in total. The highest BCUT2D eigenvalue weighted by molar-refractivity contribution is 7.80. The predicted molar refractivity (Wildman–Crippen MR) is 70.0 cm³/mol. The molecule has 18 heavy (non-hydrogen) atoms. The van der Waals surface area contributed by atoms with Gasteiger partial charge in [0.05, 0.1) is 5.69 Å². The second-order valence-electron chi connectivity index (χ2n) is 4.07. The van der Waals surface area contributed by atoms with E-state index in [-0.39, 0.29) is 11.0 Å². The van der Waals surface area contributed by atoms with E-state index < -0.39 is 5.85 Å². The standard InChI is InChI=1S/C11H10N4O2S/c1-6(16)15-8-5-3-2-4-7(8)9-11(15,17)12-10(18)14-13-9/h2-5,17H,1H3,(H2,12,14,18)/t11-/m1/s1. The molecule has 0 radical (unpaired) electrons. The molecule has 0 bridgehead atoms. The number of carbonyl (C=O) groups excluding carboxylic acids is 1. The van der Waals surface area contributed by atoms with Gasteiger partial charge in [-0.15, -0.1) is 0 Å². The van der Waals surface area contributed by atoms with Gasteiger partial charge in [-0.3, -0.25) is 15.1 Å². The maximum Gasteiger partial charge on any atom is 0.273 e. The zero-order valence-electron chi connectivity index (χ0n) is 9.47. The lowest BCUT2D eigenvalue weighted by atomic mass is 10.1. The zero-order chi connectivity index (χ0) is 12.9. The highest BCUT2D eigenvalue weighted by Gasteiger charge is 2.52. The van der Waals surface area contributed by atoms with Gasteiger partial charge in [0.2, 0.25) is 5.91 Å². The first kappa shape index (κ1) is 11.1. The van der Waals surface area contributed by atoms with Gasteiger partial charge in [0.15, 0.2) is 5.11 Å². The van der Waals surface area contributed by atoms with Gasteiger partial charge >= 0.3 is 0 Å². The molecule has 1 aromatic rings. The van der Waals surface area contributed by atoms with E-state index in [1.54, 1.807) is 18.2 Å². The first-order valence-electron chi connectivity index (χ1n) is 5.33. The maximum atomic E-state index is 11.8. The summed E-state index contributed by atoms with van der Waals surface area (Å²) in [5.74, 6) is -2.01. The maximum absolute atomic E-state index is 11.8. The minimum Gasteiger partial charge on any atom is -0.349 e. The molecule has 3 rings (SSSR count). The molecule has 0 aromatic heterocycles. The number of aliphatic hydroxyl groups is 1. The number of thiocarbonyl (C=S) groups is 1. The van der Waals surface area contributed by atoms with Crippen LogP contribution in [0.25, 0.3) is 0 Å². The van der Waals surface area contributed by atoms with Crippen LogP contribution in [0.4, 0.5) is 5.69 Å². The minimum absolute atomic E-state index is 0.167. The molecule has 2 aliphatic rings. The van der Waals surface area contributed by atoms with E-state index in [0.717, 1.165) is 0 Å². The molecule has 7 heteroatoms. The van der Waals surface area contributed by atoms with Gasteiger partial charge in [0, 0.05) is 12.5 Å². The molecular formula is C11H10N4O2S. The number of nitrogens with zero attached hydrogens (tertiary/aromatic N) is 2. The number of rotatable bonds is 0. The Bertz CT molecular complexity index is 600. The van der Waals surface area contributed by atoms with Crippen LogP contribution in [0.1, 0.15) is 12.5 Å². The fourth-order valence-electron chi connectivity index (χ4n) is 2.28. The first-order valence-corrected chi connectivity index (χ1v) is 5.74. The monoisotopic (exact) mass is 262 g/mol. The average molecular weight is 262 g/mol. The van der Waals surface area contributed by atoms with Crippen molar-refractivity contribution in [3.8, 4) is 0 Å². The summed E-state index contributed by atoms with van der Waals surface area (Å²) in [5, 5.41) is 17.6. The van der Waals surface area contributed by atoms with E-state index in [4.69, 9.17) is 12.2 Å². The molecule has 0 aliphatic carbocycles. The SMILES string of the molecule is CC(=O)N1c2ccccc2C2=NNC(=S)N[C@]21O. The summed E-state index contributed by atoms with van der Waals surface area (Å²) in [7, 11) is 0. The number of hydrogen-bond donors (Lipinski definition) is 3. The fourth-order valence-corrected chi connectivity index (χ4v) is 2.47. The van der Waals surface area contributed by atoms with Crippen LogP contribution in [0.15, 0.2) is 29.4 Å². The predicted octanol–water partition coefficient (Wildman–Crippen LogP) is -0.119. The van der Waals surface area contributed by atoms with E-state index in [2.05, 4.69) is 15.8 Å². The van der Waals surface area contributed by atoms with Crippen molar-refractivity contribution in [1.82, 2.24) is 10.7 Å². The number of hydrazone groups is 1. The summed E-state index contributed by atoms with van der Waals surface area (Å²) < 4.78 is 0. The van der Waals surface area contributed by atoms with E-state index in [1.165, 1.54) is 11.8 Å². The smallest absolute Gasteiger partial charge is 0.273 e. The number of carbonyl (C=O) groups is 1. The van der Waals surface area contributed by atoms with Crippen LogP contribution in [0.2, 0.25) is 0 Å². The Kier molecular flexibility index (Phi) is 2.16. The van der Waals surface area contributed by atoms with Gasteiger partial charge in [0.25, 0.3) is 5.85 Å². The second kappa shape index (κ2) is 3.50. The van der Waals surface area contributed by atoms with Crippen LogP contribution in [-0.4, -0.2) is 27.7 Å². The van der Waals surface area contributed by atoms with Crippen molar-refractivity contribution in [2.24, 2.45) is 5.10 Å². The van der Waals surface area contributed by atoms with Crippen molar-refractivity contribution in [3.05, 3.63) is 29.8 Å². The number of hydrogen-bond acceptors (Lipinski definition) is 4. The molecule has 92 valence electrons. The van der Waals surface area contributed by atoms with Gasteiger partial charge in [-0.1, -0.05) is 18.2 Å². The highest BCUT2D eigenvalue weighted by atomic mass is 32.1. The number of amides is 1. The van der Waals surface area contributed by atoms with Gasteiger partial charge in [-0.2, -0.15) is 5.10 Å². The fraction of sp³-hybridized carbons (Fsp3) is 0.182. The van der Waals surface area contributed by atoms with Crippen molar-refractivity contribution in [2.75, 3.05) is 4.90 Å². The molecule has 1 aromatic carbocycles. The number of nitrogens with one attached hydrogen (secondary N) is 2. The van der Waals surface area contributed by atoms with Crippen molar-refractivity contribution in [1.29, 1.82) is 0 Å². The molecule has 0 saturated heterocycles. The van der Waals surface area contributed by atoms with Crippen LogP contribution in [0, 0.1) is 0 Å². The number of para-hydroxylation sites is 1. The van der Waals surface area contributed by atoms with E-state index >= 15 is 0 Å². The lowest BCUT2D eigenvalue weighted by Crippen LogP contribution is -2.68. The van der Waals surface area contributed by atoms with Crippen LogP contribution >= 0.6 is 12.2 Å². The van der Waals surface area contributed by atoms with E-state index in [0.29, 0.717) is 17.0 Å². The summed E-state index contributed by atoms with van der Waals surface area (Å²) in [6, 6.07) is 7.15. The largest absolute Gasteiger partial charge is 0.349 e. The third-order valence-corrected chi connectivity index (χ3v) is 3.12. The molecule has 2 heterocycles.